The van der Waals surface area contributed by atoms with Crippen LogP contribution in [0.2, 0.25) is 0 Å². The second kappa shape index (κ2) is 6.73. The highest BCUT2D eigenvalue weighted by molar-refractivity contribution is 5.88. The molecule has 124 valence electrons. The van der Waals surface area contributed by atoms with Crippen LogP contribution in [0.15, 0.2) is 35.1 Å². The highest BCUT2D eigenvalue weighted by Gasteiger charge is 2.28. The highest BCUT2D eigenvalue weighted by atomic mass is 16.6. The van der Waals surface area contributed by atoms with Gasteiger partial charge in [-0.3, -0.25) is 14.4 Å². The largest absolute Gasteiger partial charge is 0.449 e. The molecular weight excluding hydrogens is 294 g/mol. The Morgan fingerprint density at radius 3 is 2.39 bits per heavy atom. The molecule has 0 fully saturated rings. The zero-order chi connectivity index (χ0) is 17.1. The molecule has 0 bridgehead atoms. The molecule has 0 aliphatic rings. The van der Waals surface area contributed by atoms with Crippen molar-refractivity contribution in [2.45, 2.75) is 33.7 Å². The van der Waals surface area contributed by atoms with Crippen LogP contribution < -0.4 is 10.5 Å². The predicted octanol–water partition coefficient (Wildman–Crippen LogP) is 2.86. The van der Waals surface area contributed by atoms with E-state index in [4.69, 9.17) is 4.74 Å². The number of rotatable bonds is 4. The molecule has 2 aromatic rings. The van der Waals surface area contributed by atoms with Crippen molar-refractivity contribution in [2.24, 2.45) is 7.05 Å². The number of hydrogen-bond acceptors (Lipinski definition) is 3. The monoisotopic (exact) mass is 317 g/mol. The standard InChI is InChI=1S/C17H23N3O3/c1-6-23-17(22)19(12(2)3)15-13(4)18(5)20(16(15)21)14-10-8-7-9-11-14/h7-12H,6H2,1-5H3. The van der Waals surface area contributed by atoms with Crippen molar-refractivity contribution < 1.29 is 9.53 Å². The van der Waals surface area contributed by atoms with Crippen LogP contribution in [0.3, 0.4) is 0 Å². The van der Waals surface area contributed by atoms with Gasteiger partial charge in [-0.05, 0) is 39.8 Å². The minimum absolute atomic E-state index is 0.188. The molecule has 1 amide bonds. The Kier molecular flexibility index (Phi) is 4.93. The zero-order valence-corrected chi connectivity index (χ0v) is 14.2. The molecule has 1 heterocycles. The van der Waals surface area contributed by atoms with E-state index in [1.54, 1.807) is 23.3 Å². The summed E-state index contributed by atoms with van der Waals surface area (Å²) in [4.78, 5) is 26.7. The lowest BCUT2D eigenvalue weighted by Gasteiger charge is -2.24. The number of para-hydroxylation sites is 1. The molecule has 23 heavy (non-hydrogen) atoms. The topological polar surface area (TPSA) is 56.5 Å². The van der Waals surface area contributed by atoms with E-state index >= 15 is 0 Å². The SMILES string of the molecule is CCOC(=O)N(c1c(C)n(C)n(-c2ccccc2)c1=O)C(C)C. The molecule has 0 saturated heterocycles. The summed E-state index contributed by atoms with van der Waals surface area (Å²) in [6.07, 6.45) is -0.506. The molecule has 0 saturated carbocycles. The van der Waals surface area contributed by atoms with E-state index in [9.17, 15) is 9.59 Å². The van der Waals surface area contributed by atoms with Crippen molar-refractivity contribution in [3.05, 3.63) is 46.4 Å². The van der Waals surface area contributed by atoms with E-state index in [1.807, 2.05) is 51.1 Å². The third kappa shape index (κ3) is 3.02. The first-order valence-corrected chi connectivity index (χ1v) is 7.70. The maximum atomic E-state index is 13.0. The molecule has 6 nitrogen and oxygen atoms in total. The molecule has 2 rings (SSSR count). The molecular formula is C17H23N3O3. The van der Waals surface area contributed by atoms with E-state index in [2.05, 4.69) is 0 Å². The Balaban J connectivity index is 2.64. The number of anilines is 1. The Morgan fingerprint density at radius 1 is 1.26 bits per heavy atom. The molecule has 6 heteroatoms. The van der Waals surface area contributed by atoms with E-state index in [0.717, 1.165) is 5.69 Å². The van der Waals surface area contributed by atoms with Gasteiger partial charge in [0, 0.05) is 13.1 Å². The molecule has 0 spiro atoms. The summed E-state index contributed by atoms with van der Waals surface area (Å²) in [6, 6.07) is 9.16. The van der Waals surface area contributed by atoms with E-state index in [1.165, 1.54) is 4.90 Å². The number of carbonyl (C=O) groups is 1. The number of hydrogen-bond donors (Lipinski definition) is 0. The van der Waals surface area contributed by atoms with Crippen molar-refractivity contribution in [1.29, 1.82) is 0 Å². The number of aromatic nitrogens is 2. The first-order chi connectivity index (χ1) is 10.9. The minimum atomic E-state index is -0.506. The van der Waals surface area contributed by atoms with Gasteiger partial charge in [0.15, 0.2) is 0 Å². The molecule has 0 aliphatic heterocycles. The smallest absolute Gasteiger partial charge is 0.414 e. The van der Waals surface area contributed by atoms with E-state index in [-0.39, 0.29) is 18.2 Å². The minimum Gasteiger partial charge on any atom is -0.449 e. The van der Waals surface area contributed by atoms with Gasteiger partial charge in [0.2, 0.25) is 0 Å². The number of amides is 1. The first-order valence-electron chi connectivity index (χ1n) is 7.70. The van der Waals surface area contributed by atoms with Gasteiger partial charge in [-0.2, -0.15) is 0 Å². The fourth-order valence-electron chi connectivity index (χ4n) is 2.58. The fourth-order valence-corrected chi connectivity index (χ4v) is 2.58. The Bertz CT molecular complexity index is 744. The third-order valence-electron chi connectivity index (χ3n) is 3.75. The average molecular weight is 317 g/mol. The Labute approximate surface area is 135 Å². The van der Waals surface area contributed by atoms with Crippen LogP contribution in [0.5, 0.6) is 0 Å². The van der Waals surface area contributed by atoms with Crippen LogP contribution in [-0.2, 0) is 11.8 Å². The van der Waals surface area contributed by atoms with Crippen LogP contribution in [-0.4, -0.2) is 28.1 Å². The highest BCUT2D eigenvalue weighted by Crippen LogP contribution is 2.21. The van der Waals surface area contributed by atoms with Gasteiger partial charge in [-0.15, -0.1) is 0 Å². The fraction of sp³-hybridized carbons (Fsp3) is 0.412. The van der Waals surface area contributed by atoms with Gasteiger partial charge in [-0.25, -0.2) is 9.48 Å². The van der Waals surface area contributed by atoms with Gasteiger partial charge >= 0.3 is 6.09 Å². The predicted molar refractivity (Wildman–Crippen MR) is 90.4 cm³/mol. The van der Waals surface area contributed by atoms with Gasteiger partial charge in [0.1, 0.15) is 5.69 Å². The first kappa shape index (κ1) is 16.9. The van der Waals surface area contributed by atoms with Crippen molar-refractivity contribution in [1.82, 2.24) is 9.36 Å². The third-order valence-corrected chi connectivity index (χ3v) is 3.75. The summed E-state index contributed by atoms with van der Waals surface area (Å²) >= 11 is 0. The maximum Gasteiger partial charge on any atom is 0.414 e. The Morgan fingerprint density at radius 2 is 1.87 bits per heavy atom. The maximum absolute atomic E-state index is 13.0. The van der Waals surface area contributed by atoms with Crippen molar-refractivity contribution in [3.8, 4) is 5.69 Å². The normalized spacial score (nSPS) is 10.9. The number of ether oxygens (including phenoxy) is 1. The summed E-state index contributed by atoms with van der Waals surface area (Å²) in [5.41, 5.74) is 1.57. The molecule has 0 aliphatic carbocycles. The van der Waals surface area contributed by atoms with Crippen molar-refractivity contribution in [3.63, 3.8) is 0 Å². The molecule has 0 radical (unpaired) electrons. The Hall–Kier alpha value is -2.50. The second-order valence-corrected chi connectivity index (χ2v) is 5.57. The number of nitrogens with zero attached hydrogens (tertiary/aromatic N) is 3. The van der Waals surface area contributed by atoms with E-state index < -0.39 is 6.09 Å². The van der Waals surface area contributed by atoms with Crippen LogP contribution in [0, 0.1) is 6.92 Å². The zero-order valence-electron chi connectivity index (χ0n) is 14.2. The van der Waals surface area contributed by atoms with Gasteiger partial charge in [0.25, 0.3) is 5.56 Å². The van der Waals surface area contributed by atoms with Crippen molar-refractivity contribution in [2.75, 3.05) is 11.5 Å². The summed E-state index contributed by atoms with van der Waals surface area (Å²) in [7, 11) is 1.80. The number of benzene rings is 1. The van der Waals surface area contributed by atoms with Crippen LogP contribution in [0.1, 0.15) is 26.5 Å². The molecule has 0 N–H and O–H groups in total. The summed E-state index contributed by atoms with van der Waals surface area (Å²) in [6.45, 7) is 7.55. The van der Waals surface area contributed by atoms with Crippen LogP contribution in [0.4, 0.5) is 10.5 Å². The molecule has 1 aromatic heterocycles. The van der Waals surface area contributed by atoms with Crippen molar-refractivity contribution >= 4 is 11.8 Å². The quantitative estimate of drug-likeness (QED) is 0.871. The number of carbonyl (C=O) groups excluding carboxylic acids is 1. The van der Waals surface area contributed by atoms with Gasteiger partial charge < -0.3 is 4.74 Å². The van der Waals surface area contributed by atoms with E-state index in [0.29, 0.717) is 11.4 Å². The average Bonchev–Trinajstić information content (AvgIpc) is 2.72. The lowest BCUT2D eigenvalue weighted by Crippen LogP contribution is -2.40. The second-order valence-electron chi connectivity index (χ2n) is 5.57. The molecule has 0 unspecified atom stereocenters. The summed E-state index contributed by atoms with van der Waals surface area (Å²) < 4.78 is 8.42. The summed E-state index contributed by atoms with van der Waals surface area (Å²) in [5.74, 6) is 0. The van der Waals surface area contributed by atoms with Gasteiger partial charge in [0.05, 0.1) is 18.0 Å². The lowest BCUT2D eigenvalue weighted by atomic mass is 10.2. The molecule has 1 aromatic carbocycles. The van der Waals surface area contributed by atoms with Crippen LogP contribution >= 0.6 is 0 Å². The molecule has 0 atom stereocenters. The summed E-state index contributed by atoms with van der Waals surface area (Å²) in [5, 5.41) is 0. The van der Waals surface area contributed by atoms with Crippen LogP contribution in [0.25, 0.3) is 5.69 Å². The lowest BCUT2D eigenvalue weighted by molar-refractivity contribution is 0.158. The van der Waals surface area contributed by atoms with Gasteiger partial charge in [-0.1, -0.05) is 18.2 Å².